The molecule has 0 aliphatic heterocycles. The molecule has 0 spiro atoms. The second kappa shape index (κ2) is 9.75. The van der Waals surface area contributed by atoms with E-state index >= 15 is 0 Å². The Hall–Kier alpha value is -2.45. The van der Waals surface area contributed by atoms with Gasteiger partial charge < -0.3 is 25.3 Å². The third-order valence-corrected chi connectivity index (χ3v) is 3.46. The zero-order valence-electron chi connectivity index (χ0n) is 14.4. The molecule has 0 bridgehead atoms. The van der Waals surface area contributed by atoms with Gasteiger partial charge in [-0.2, -0.15) is 5.10 Å². The summed E-state index contributed by atoms with van der Waals surface area (Å²) in [6.07, 6.45) is 1.87. The SMILES string of the molecule is COc1ccc(Cn2nccc2NC(=O)CCN)c(OC)c1OC.Cl. The van der Waals surface area contributed by atoms with Crippen LogP contribution in [-0.2, 0) is 11.3 Å². The normalized spacial score (nSPS) is 9.92. The van der Waals surface area contributed by atoms with E-state index in [0.29, 0.717) is 36.2 Å². The molecule has 0 unspecified atom stereocenters. The summed E-state index contributed by atoms with van der Waals surface area (Å²) in [7, 11) is 4.68. The highest BCUT2D eigenvalue weighted by Gasteiger charge is 2.17. The minimum absolute atomic E-state index is 0. The summed E-state index contributed by atoms with van der Waals surface area (Å²) in [5.41, 5.74) is 6.23. The van der Waals surface area contributed by atoms with Gasteiger partial charge >= 0.3 is 0 Å². The van der Waals surface area contributed by atoms with Gasteiger partial charge in [-0.1, -0.05) is 0 Å². The maximum Gasteiger partial charge on any atom is 0.226 e. The first-order chi connectivity index (χ1) is 11.6. The maximum absolute atomic E-state index is 11.7. The van der Waals surface area contributed by atoms with E-state index in [4.69, 9.17) is 19.9 Å². The number of ether oxygens (including phenoxy) is 3. The number of carbonyl (C=O) groups is 1. The molecular formula is C16H23ClN4O4. The molecular weight excluding hydrogens is 348 g/mol. The molecule has 0 saturated heterocycles. The highest BCUT2D eigenvalue weighted by Crippen LogP contribution is 2.40. The first-order valence-electron chi connectivity index (χ1n) is 7.44. The molecule has 1 aromatic carbocycles. The standard InChI is InChI=1S/C16H22N4O4.ClH/c1-22-12-5-4-11(15(23-2)16(12)24-3)10-20-13(7-9-18-20)19-14(21)6-8-17;/h4-5,7,9H,6,8,10,17H2,1-3H3,(H,19,21);1H. The van der Waals surface area contributed by atoms with Crippen molar-refractivity contribution in [3.63, 3.8) is 0 Å². The van der Waals surface area contributed by atoms with Crippen molar-refractivity contribution in [1.29, 1.82) is 0 Å². The summed E-state index contributed by atoms with van der Waals surface area (Å²) in [6, 6.07) is 5.39. The van der Waals surface area contributed by atoms with Gasteiger partial charge in [-0.25, -0.2) is 4.68 Å². The van der Waals surface area contributed by atoms with E-state index in [1.54, 1.807) is 44.3 Å². The molecule has 2 rings (SSSR count). The number of rotatable bonds is 8. The maximum atomic E-state index is 11.7. The van der Waals surface area contributed by atoms with Crippen molar-refractivity contribution in [3.8, 4) is 17.2 Å². The third-order valence-electron chi connectivity index (χ3n) is 3.46. The van der Waals surface area contributed by atoms with Gasteiger partial charge in [0.05, 0.1) is 34.1 Å². The Kier molecular flexibility index (Phi) is 8.03. The lowest BCUT2D eigenvalue weighted by Gasteiger charge is -2.16. The molecule has 1 aromatic heterocycles. The van der Waals surface area contributed by atoms with Crippen LogP contribution in [-0.4, -0.2) is 43.6 Å². The van der Waals surface area contributed by atoms with E-state index in [0.717, 1.165) is 5.56 Å². The first kappa shape index (κ1) is 20.6. The largest absolute Gasteiger partial charge is 0.493 e. The zero-order chi connectivity index (χ0) is 17.5. The van der Waals surface area contributed by atoms with E-state index in [1.165, 1.54) is 0 Å². The molecule has 0 aliphatic carbocycles. The molecule has 2 aromatic rings. The smallest absolute Gasteiger partial charge is 0.226 e. The molecule has 1 amide bonds. The fourth-order valence-electron chi connectivity index (χ4n) is 2.35. The van der Waals surface area contributed by atoms with Crippen molar-refractivity contribution >= 4 is 24.1 Å². The number of halogens is 1. The molecule has 0 radical (unpaired) electrons. The minimum Gasteiger partial charge on any atom is -0.493 e. The predicted octanol–water partition coefficient (Wildman–Crippen LogP) is 1.67. The lowest BCUT2D eigenvalue weighted by Crippen LogP contribution is -2.19. The number of nitrogens with two attached hydrogens (primary N) is 1. The summed E-state index contributed by atoms with van der Waals surface area (Å²) in [5, 5.41) is 7.03. The Morgan fingerprint density at radius 1 is 1.16 bits per heavy atom. The van der Waals surface area contributed by atoms with Crippen molar-refractivity contribution in [2.24, 2.45) is 5.73 Å². The summed E-state index contributed by atoms with van der Waals surface area (Å²) >= 11 is 0. The van der Waals surface area contributed by atoms with Crippen LogP contribution < -0.4 is 25.3 Å². The number of nitrogens with one attached hydrogen (secondary N) is 1. The van der Waals surface area contributed by atoms with Crippen molar-refractivity contribution < 1.29 is 19.0 Å². The van der Waals surface area contributed by atoms with E-state index in [9.17, 15) is 4.79 Å². The lowest BCUT2D eigenvalue weighted by atomic mass is 10.1. The van der Waals surface area contributed by atoms with Gasteiger partial charge in [0, 0.05) is 24.6 Å². The third kappa shape index (κ3) is 4.77. The zero-order valence-corrected chi connectivity index (χ0v) is 15.3. The van der Waals surface area contributed by atoms with Crippen LogP contribution in [0.5, 0.6) is 17.2 Å². The second-order valence-electron chi connectivity index (χ2n) is 4.95. The number of hydrogen-bond acceptors (Lipinski definition) is 6. The highest BCUT2D eigenvalue weighted by atomic mass is 35.5. The van der Waals surface area contributed by atoms with Crippen LogP contribution in [0.15, 0.2) is 24.4 Å². The van der Waals surface area contributed by atoms with E-state index in [2.05, 4.69) is 10.4 Å². The number of aromatic nitrogens is 2. The van der Waals surface area contributed by atoms with E-state index in [-0.39, 0.29) is 24.7 Å². The second-order valence-corrected chi connectivity index (χ2v) is 4.95. The fourth-order valence-corrected chi connectivity index (χ4v) is 2.35. The van der Waals surface area contributed by atoms with Gasteiger partial charge in [-0.3, -0.25) is 4.79 Å². The summed E-state index contributed by atoms with van der Waals surface area (Å²) in [4.78, 5) is 11.7. The fraction of sp³-hybridized carbons (Fsp3) is 0.375. The van der Waals surface area contributed by atoms with Crippen LogP contribution in [0.3, 0.4) is 0 Å². The summed E-state index contributed by atoms with van der Waals surface area (Å²) in [6.45, 7) is 0.693. The minimum atomic E-state index is -0.154. The van der Waals surface area contributed by atoms with Crippen molar-refractivity contribution in [1.82, 2.24) is 9.78 Å². The molecule has 0 aliphatic rings. The predicted molar refractivity (Wildman–Crippen MR) is 97.0 cm³/mol. The van der Waals surface area contributed by atoms with Crippen molar-refractivity contribution in [2.75, 3.05) is 33.2 Å². The van der Waals surface area contributed by atoms with Crippen LogP contribution in [0.2, 0.25) is 0 Å². The lowest BCUT2D eigenvalue weighted by molar-refractivity contribution is -0.116. The topological polar surface area (TPSA) is 101 Å². The molecule has 8 nitrogen and oxygen atoms in total. The molecule has 138 valence electrons. The van der Waals surface area contributed by atoms with Gasteiger partial charge in [0.15, 0.2) is 11.5 Å². The first-order valence-corrected chi connectivity index (χ1v) is 7.44. The van der Waals surface area contributed by atoms with Gasteiger partial charge in [-0.05, 0) is 12.1 Å². The number of methoxy groups -OCH3 is 3. The van der Waals surface area contributed by atoms with Gasteiger partial charge in [0.2, 0.25) is 11.7 Å². The number of hydrogen-bond donors (Lipinski definition) is 2. The Labute approximate surface area is 152 Å². The monoisotopic (exact) mass is 370 g/mol. The molecule has 3 N–H and O–H groups in total. The van der Waals surface area contributed by atoms with Crippen LogP contribution in [0, 0.1) is 0 Å². The number of amides is 1. The Morgan fingerprint density at radius 3 is 2.48 bits per heavy atom. The Morgan fingerprint density at radius 2 is 1.88 bits per heavy atom. The number of benzene rings is 1. The molecule has 1 heterocycles. The Balaban J connectivity index is 0.00000312. The molecule has 0 atom stereocenters. The van der Waals surface area contributed by atoms with Gasteiger partial charge in [0.25, 0.3) is 0 Å². The number of anilines is 1. The van der Waals surface area contributed by atoms with Crippen LogP contribution in [0.4, 0.5) is 5.82 Å². The van der Waals surface area contributed by atoms with Crippen molar-refractivity contribution in [3.05, 3.63) is 30.0 Å². The van der Waals surface area contributed by atoms with Gasteiger partial charge in [0.1, 0.15) is 5.82 Å². The molecule has 0 saturated carbocycles. The van der Waals surface area contributed by atoms with Gasteiger partial charge in [-0.15, -0.1) is 12.4 Å². The van der Waals surface area contributed by atoms with E-state index in [1.807, 2.05) is 6.07 Å². The van der Waals surface area contributed by atoms with Crippen molar-refractivity contribution in [2.45, 2.75) is 13.0 Å². The van der Waals surface area contributed by atoms with E-state index < -0.39 is 0 Å². The average Bonchev–Trinajstić information content (AvgIpc) is 3.01. The number of carbonyl (C=O) groups excluding carboxylic acids is 1. The summed E-state index contributed by atoms with van der Waals surface area (Å²) < 4.78 is 17.8. The average molecular weight is 371 g/mol. The Bertz CT molecular complexity index is 705. The quantitative estimate of drug-likeness (QED) is 0.733. The van der Waals surface area contributed by atoms with Crippen LogP contribution in [0.25, 0.3) is 0 Å². The van der Waals surface area contributed by atoms with Crippen LogP contribution >= 0.6 is 12.4 Å². The number of nitrogens with zero attached hydrogens (tertiary/aromatic N) is 2. The molecule has 9 heteroatoms. The molecule has 25 heavy (non-hydrogen) atoms. The van der Waals surface area contributed by atoms with Crippen LogP contribution in [0.1, 0.15) is 12.0 Å². The molecule has 0 fully saturated rings. The highest BCUT2D eigenvalue weighted by molar-refractivity contribution is 5.89. The summed E-state index contributed by atoms with van der Waals surface area (Å²) in [5.74, 6) is 2.09.